The third-order valence-corrected chi connectivity index (χ3v) is 3.42. The Morgan fingerprint density at radius 1 is 1.35 bits per heavy atom. The molecule has 2 rings (SSSR count). The SMILES string of the molecule is C[C@@H]1CNC(=O)[C@H](C)N(C(=O)OCc2ccccc2)C1. The summed E-state index contributed by atoms with van der Waals surface area (Å²) in [4.78, 5) is 25.4. The monoisotopic (exact) mass is 276 g/mol. The van der Waals surface area contributed by atoms with Gasteiger partial charge in [-0.3, -0.25) is 9.69 Å². The summed E-state index contributed by atoms with van der Waals surface area (Å²) in [7, 11) is 0. The maximum absolute atomic E-state index is 12.1. The van der Waals surface area contributed by atoms with Gasteiger partial charge in [-0.25, -0.2) is 4.79 Å². The highest BCUT2D eigenvalue weighted by Crippen LogP contribution is 2.12. The molecule has 1 fully saturated rings. The van der Waals surface area contributed by atoms with Crippen LogP contribution in [0.3, 0.4) is 0 Å². The van der Waals surface area contributed by atoms with E-state index in [2.05, 4.69) is 5.32 Å². The van der Waals surface area contributed by atoms with Crippen molar-refractivity contribution in [2.45, 2.75) is 26.5 Å². The summed E-state index contributed by atoms with van der Waals surface area (Å²) in [5.74, 6) is 0.0826. The standard InChI is InChI=1S/C15H20N2O3/c1-11-8-16-14(18)12(2)17(9-11)15(19)20-10-13-6-4-3-5-7-13/h3-7,11-12H,8-10H2,1-2H3,(H,16,18)/t11-,12+/m1/s1. The number of hydrogen-bond donors (Lipinski definition) is 1. The molecule has 1 saturated heterocycles. The molecule has 0 unspecified atom stereocenters. The normalized spacial score (nSPS) is 22.9. The molecule has 0 saturated carbocycles. The van der Waals surface area contributed by atoms with Gasteiger partial charge in [0.1, 0.15) is 12.6 Å². The van der Waals surface area contributed by atoms with Crippen molar-refractivity contribution in [3.8, 4) is 0 Å². The van der Waals surface area contributed by atoms with E-state index in [1.807, 2.05) is 37.3 Å². The van der Waals surface area contributed by atoms with Gasteiger partial charge < -0.3 is 10.1 Å². The molecule has 1 aliphatic rings. The van der Waals surface area contributed by atoms with Crippen molar-refractivity contribution >= 4 is 12.0 Å². The first kappa shape index (κ1) is 14.4. The molecular formula is C15H20N2O3. The third kappa shape index (κ3) is 3.50. The second-order valence-electron chi connectivity index (χ2n) is 5.22. The van der Waals surface area contributed by atoms with Crippen molar-refractivity contribution in [2.75, 3.05) is 13.1 Å². The fraction of sp³-hybridized carbons (Fsp3) is 0.467. The van der Waals surface area contributed by atoms with Crippen molar-refractivity contribution in [1.29, 1.82) is 0 Å². The molecule has 0 radical (unpaired) electrons. The molecule has 2 atom stereocenters. The molecule has 0 aromatic heterocycles. The lowest BCUT2D eigenvalue weighted by Crippen LogP contribution is -2.45. The van der Waals surface area contributed by atoms with Gasteiger partial charge in [-0.05, 0) is 18.4 Å². The van der Waals surface area contributed by atoms with Gasteiger partial charge in [0.2, 0.25) is 5.91 Å². The summed E-state index contributed by atoms with van der Waals surface area (Å²) in [6.45, 7) is 5.05. The highest BCUT2D eigenvalue weighted by Gasteiger charge is 2.31. The first-order valence-corrected chi connectivity index (χ1v) is 6.83. The van der Waals surface area contributed by atoms with Crippen LogP contribution >= 0.6 is 0 Å². The summed E-state index contributed by atoms with van der Waals surface area (Å²) >= 11 is 0. The molecule has 5 heteroatoms. The fourth-order valence-electron chi connectivity index (χ4n) is 2.16. The van der Waals surface area contributed by atoms with Crippen LogP contribution in [0.5, 0.6) is 0 Å². The van der Waals surface area contributed by atoms with Crippen LogP contribution in [0.2, 0.25) is 0 Å². The van der Waals surface area contributed by atoms with Crippen LogP contribution in [0.1, 0.15) is 19.4 Å². The number of hydrogen-bond acceptors (Lipinski definition) is 3. The zero-order valence-electron chi connectivity index (χ0n) is 11.8. The molecule has 0 bridgehead atoms. The van der Waals surface area contributed by atoms with E-state index in [-0.39, 0.29) is 18.4 Å². The van der Waals surface area contributed by atoms with Crippen molar-refractivity contribution in [3.05, 3.63) is 35.9 Å². The van der Waals surface area contributed by atoms with E-state index in [0.29, 0.717) is 13.1 Å². The zero-order chi connectivity index (χ0) is 14.5. The topological polar surface area (TPSA) is 58.6 Å². The minimum absolute atomic E-state index is 0.133. The van der Waals surface area contributed by atoms with Gasteiger partial charge in [-0.2, -0.15) is 0 Å². The van der Waals surface area contributed by atoms with E-state index < -0.39 is 12.1 Å². The number of ether oxygens (including phenoxy) is 1. The number of nitrogens with zero attached hydrogens (tertiary/aromatic N) is 1. The Balaban J connectivity index is 1.97. The lowest BCUT2D eigenvalue weighted by molar-refractivity contribution is -0.124. The van der Waals surface area contributed by atoms with E-state index in [1.165, 1.54) is 4.90 Å². The van der Waals surface area contributed by atoms with E-state index in [0.717, 1.165) is 5.56 Å². The average molecular weight is 276 g/mol. The molecule has 1 N–H and O–H groups in total. The Morgan fingerprint density at radius 3 is 2.75 bits per heavy atom. The smallest absolute Gasteiger partial charge is 0.410 e. The molecule has 2 amide bonds. The molecule has 5 nitrogen and oxygen atoms in total. The van der Waals surface area contributed by atoms with Crippen molar-refractivity contribution in [2.24, 2.45) is 5.92 Å². The maximum atomic E-state index is 12.1. The van der Waals surface area contributed by atoms with Gasteiger partial charge in [-0.15, -0.1) is 0 Å². The number of nitrogens with one attached hydrogen (secondary N) is 1. The van der Waals surface area contributed by atoms with E-state index in [9.17, 15) is 9.59 Å². The number of amides is 2. The van der Waals surface area contributed by atoms with Crippen LogP contribution < -0.4 is 5.32 Å². The summed E-state index contributed by atoms with van der Waals surface area (Å²) in [5.41, 5.74) is 0.931. The van der Waals surface area contributed by atoms with E-state index in [1.54, 1.807) is 6.92 Å². The molecule has 0 spiro atoms. The minimum Gasteiger partial charge on any atom is -0.445 e. The van der Waals surface area contributed by atoms with Gasteiger partial charge in [0, 0.05) is 13.1 Å². The van der Waals surface area contributed by atoms with Crippen LogP contribution in [-0.4, -0.2) is 36.0 Å². The lowest BCUT2D eigenvalue weighted by atomic mass is 10.2. The predicted molar refractivity (Wildman–Crippen MR) is 75.0 cm³/mol. The number of rotatable bonds is 2. The van der Waals surface area contributed by atoms with E-state index in [4.69, 9.17) is 4.74 Å². The molecule has 20 heavy (non-hydrogen) atoms. The Morgan fingerprint density at radius 2 is 2.05 bits per heavy atom. The van der Waals surface area contributed by atoms with Crippen molar-refractivity contribution < 1.29 is 14.3 Å². The highest BCUT2D eigenvalue weighted by molar-refractivity contribution is 5.85. The first-order valence-electron chi connectivity index (χ1n) is 6.83. The van der Waals surface area contributed by atoms with Gasteiger partial charge in [0.15, 0.2) is 0 Å². The minimum atomic E-state index is -0.497. The molecule has 1 aromatic carbocycles. The first-order chi connectivity index (χ1) is 9.58. The van der Waals surface area contributed by atoms with Gasteiger partial charge in [0.25, 0.3) is 0 Å². The third-order valence-electron chi connectivity index (χ3n) is 3.42. The Bertz CT molecular complexity index is 475. The molecule has 108 valence electrons. The molecular weight excluding hydrogens is 256 g/mol. The molecule has 1 heterocycles. The van der Waals surface area contributed by atoms with Crippen LogP contribution in [-0.2, 0) is 16.1 Å². The van der Waals surface area contributed by atoms with Gasteiger partial charge in [0.05, 0.1) is 0 Å². The highest BCUT2D eigenvalue weighted by atomic mass is 16.6. The number of carbonyl (C=O) groups is 2. The van der Waals surface area contributed by atoms with Crippen LogP contribution in [0.25, 0.3) is 0 Å². The second-order valence-corrected chi connectivity index (χ2v) is 5.22. The van der Waals surface area contributed by atoms with Gasteiger partial charge >= 0.3 is 6.09 Å². The molecule has 0 aliphatic carbocycles. The maximum Gasteiger partial charge on any atom is 0.410 e. The Labute approximate surface area is 118 Å². The van der Waals surface area contributed by atoms with Crippen molar-refractivity contribution in [1.82, 2.24) is 10.2 Å². The van der Waals surface area contributed by atoms with Crippen LogP contribution in [0.4, 0.5) is 4.79 Å². The van der Waals surface area contributed by atoms with Crippen molar-refractivity contribution in [3.63, 3.8) is 0 Å². The summed E-state index contributed by atoms with van der Waals surface area (Å²) in [6, 6.07) is 9.00. The quantitative estimate of drug-likeness (QED) is 0.895. The Kier molecular flexibility index (Phi) is 4.61. The lowest BCUT2D eigenvalue weighted by Gasteiger charge is -2.26. The Hall–Kier alpha value is -2.04. The summed E-state index contributed by atoms with van der Waals surface area (Å²) < 4.78 is 5.30. The predicted octanol–water partition coefficient (Wildman–Crippen LogP) is 1.78. The van der Waals surface area contributed by atoms with Gasteiger partial charge in [-0.1, -0.05) is 37.3 Å². The molecule has 1 aromatic rings. The summed E-state index contributed by atoms with van der Waals surface area (Å²) in [5, 5.41) is 2.81. The zero-order valence-corrected chi connectivity index (χ0v) is 11.8. The second kappa shape index (κ2) is 6.41. The number of benzene rings is 1. The summed E-state index contributed by atoms with van der Waals surface area (Å²) in [6.07, 6.45) is -0.440. The van der Waals surface area contributed by atoms with Crippen LogP contribution in [0, 0.1) is 5.92 Å². The van der Waals surface area contributed by atoms with E-state index >= 15 is 0 Å². The average Bonchev–Trinajstić information content (AvgIpc) is 2.59. The molecule has 1 aliphatic heterocycles. The van der Waals surface area contributed by atoms with Crippen LogP contribution in [0.15, 0.2) is 30.3 Å². The number of carbonyl (C=O) groups excluding carboxylic acids is 2. The largest absolute Gasteiger partial charge is 0.445 e. The fourth-order valence-corrected chi connectivity index (χ4v) is 2.16.